The van der Waals surface area contributed by atoms with Gasteiger partial charge in [0.25, 0.3) is 0 Å². The molecule has 0 aromatic carbocycles. The van der Waals surface area contributed by atoms with Crippen molar-refractivity contribution in [3.63, 3.8) is 0 Å². The van der Waals surface area contributed by atoms with Crippen molar-refractivity contribution in [3.8, 4) is 0 Å². The molecule has 19 heteroatoms. The Morgan fingerprint density at radius 3 is 0.789 bits per heavy atom. The molecule has 3 unspecified atom stereocenters. The molecular formula is C71H138O17P2. The van der Waals surface area contributed by atoms with Crippen LogP contribution in [-0.4, -0.2) is 96.7 Å². The number of aliphatic hydroxyl groups excluding tert-OH is 1. The largest absolute Gasteiger partial charge is 0.472 e. The van der Waals surface area contributed by atoms with E-state index in [9.17, 15) is 43.2 Å². The van der Waals surface area contributed by atoms with Crippen LogP contribution in [0.2, 0.25) is 0 Å². The first-order valence-electron chi connectivity index (χ1n) is 37.2. The van der Waals surface area contributed by atoms with Gasteiger partial charge in [0.05, 0.1) is 26.4 Å². The fraction of sp³-hybridized carbons (Fsp3) is 0.944. The highest BCUT2D eigenvalue weighted by molar-refractivity contribution is 7.47. The van der Waals surface area contributed by atoms with Crippen LogP contribution in [0.5, 0.6) is 0 Å². The average Bonchev–Trinajstić information content (AvgIpc) is 2.62. The van der Waals surface area contributed by atoms with Crippen molar-refractivity contribution in [2.75, 3.05) is 39.6 Å². The lowest BCUT2D eigenvalue weighted by Gasteiger charge is -2.21. The average molecular weight is 1330 g/mol. The van der Waals surface area contributed by atoms with E-state index >= 15 is 0 Å². The summed E-state index contributed by atoms with van der Waals surface area (Å²) in [6.07, 6.45) is 51.2. The monoisotopic (exact) mass is 1320 g/mol. The number of carbonyl (C=O) groups excluding carboxylic acids is 4. The van der Waals surface area contributed by atoms with E-state index in [1.807, 2.05) is 0 Å². The molecule has 0 saturated carbocycles. The molecule has 0 rings (SSSR count). The normalized spacial score (nSPS) is 14.4. The molecule has 0 aliphatic rings. The van der Waals surface area contributed by atoms with Crippen LogP contribution in [0.3, 0.4) is 0 Å². The van der Waals surface area contributed by atoms with Gasteiger partial charge in [-0.25, -0.2) is 9.13 Å². The van der Waals surface area contributed by atoms with Crippen LogP contribution in [0, 0.1) is 5.92 Å². The highest BCUT2D eigenvalue weighted by Crippen LogP contribution is 2.45. The second kappa shape index (κ2) is 64.4. The Hall–Kier alpha value is -1.94. The Kier molecular flexibility index (Phi) is 63.0. The second-order valence-corrected chi connectivity index (χ2v) is 28.8. The fourth-order valence-corrected chi connectivity index (χ4v) is 12.4. The molecule has 90 heavy (non-hydrogen) atoms. The molecule has 0 aliphatic carbocycles. The summed E-state index contributed by atoms with van der Waals surface area (Å²) < 4.78 is 68.3. The molecule has 534 valence electrons. The number of hydrogen-bond donors (Lipinski definition) is 3. The van der Waals surface area contributed by atoms with E-state index in [-0.39, 0.29) is 25.7 Å². The zero-order valence-electron chi connectivity index (χ0n) is 58.3. The number of unbranched alkanes of at least 4 members (excludes halogenated alkanes) is 42. The Morgan fingerprint density at radius 1 is 0.311 bits per heavy atom. The quantitative estimate of drug-likeness (QED) is 0.0222. The first-order valence-corrected chi connectivity index (χ1v) is 40.2. The van der Waals surface area contributed by atoms with Crippen molar-refractivity contribution in [2.24, 2.45) is 5.92 Å². The lowest BCUT2D eigenvalue weighted by molar-refractivity contribution is -0.161. The standard InChI is InChI=1S/C71H138O17P2/c1-6-10-13-16-19-22-25-26-27-28-29-30-31-32-35-42-47-52-57-71(76)88-67(61-82-69(74)55-50-45-40-37-36-38-43-48-53-64(5)9-4)63-86-90(79,80)84-59-65(72)58-83-89(77,78)85-62-66(87-70(75)56-51-46-41-34-24-21-18-15-12-8-3)60-81-68(73)54-49-44-39-33-23-20-17-14-11-7-2/h64-67,72H,6-63H2,1-5H3,(H,77,78)(H,79,80)/t64?,65-,66+,67+/m0/s1. The number of carbonyl (C=O) groups is 4. The van der Waals surface area contributed by atoms with E-state index in [0.717, 1.165) is 95.8 Å². The van der Waals surface area contributed by atoms with Crippen molar-refractivity contribution < 1.29 is 80.2 Å². The third-order valence-corrected chi connectivity index (χ3v) is 18.8. The van der Waals surface area contributed by atoms with Gasteiger partial charge in [-0.05, 0) is 31.6 Å². The van der Waals surface area contributed by atoms with Crippen molar-refractivity contribution in [1.82, 2.24) is 0 Å². The first kappa shape index (κ1) is 88.1. The molecule has 0 saturated heterocycles. The number of phosphoric acid groups is 2. The molecule has 0 aromatic heterocycles. The molecule has 0 fully saturated rings. The molecule has 0 amide bonds. The van der Waals surface area contributed by atoms with Crippen LogP contribution in [0.15, 0.2) is 0 Å². The molecule has 3 N–H and O–H groups in total. The van der Waals surface area contributed by atoms with Crippen molar-refractivity contribution in [2.45, 2.75) is 387 Å². The number of rotatable bonds is 71. The maximum Gasteiger partial charge on any atom is 0.472 e. The number of phosphoric ester groups is 2. The van der Waals surface area contributed by atoms with Gasteiger partial charge in [0.2, 0.25) is 0 Å². The number of hydrogen-bond acceptors (Lipinski definition) is 15. The zero-order chi connectivity index (χ0) is 66.3. The molecular weight excluding hydrogens is 1190 g/mol. The number of esters is 4. The number of ether oxygens (including phenoxy) is 4. The molecule has 17 nitrogen and oxygen atoms in total. The Balaban J connectivity index is 5.21. The third kappa shape index (κ3) is 63.5. The van der Waals surface area contributed by atoms with E-state index in [4.69, 9.17) is 37.0 Å². The van der Waals surface area contributed by atoms with Gasteiger partial charge in [-0.2, -0.15) is 0 Å². The second-order valence-electron chi connectivity index (χ2n) is 25.9. The summed E-state index contributed by atoms with van der Waals surface area (Å²) in [5.74, 6) is -1.34. The van der Waals surface area contributed by atoms with Crippen LogP contribution in [0.4, 0.5) is 0 Å². The predicted molar refractivity (Wildman–Crippen MR) is 363 cm³/mol. The van der Waals surface area contributed by atoms with Crippen LogP contribution in [0.25, 0.3) is 0 Å². The van der Waals surface area contributed by atoms with Crippen molar-refractivity contribution >= 4 is 39.5 Å². The Bertz CT molecular complexity index is 1740. The van der Waals surface area contributed by atoms with Crippen LogP contribution in [0.1, 0.15) is 369 Å². The highest BCUT2D eigenvalue weighted by Gasteiger charge is 2.30. The van der Waals surface area contributed by atoms with Crippen LogP contribution >= 0.6 is 15.6 Å². The van der Waals surface area contributed by atoms with Gasteiger partial charge in [-0.3, -0.25) is 37.3 Å². The molecule has 0 aromatic rings. The molecule has 0 bridgehead atoms. The summed E-state index contributed by atoms with van der Waals surface area (Å²) in [5.41, 5.74) is 0. The summed E-state index contributed by atoms with van der Waals surface area (Å²) in [5, 5.41) is 10.6. The van der Waals surface area contributed by atoms with Gasteiger partial charge in [-0.15, -0.1) is 0 Å². The predicted octanol–water partition coefficient (Wildman–Crippen LogP) is 20.5. The molecule has 6 atom stereocenters. The summed E-state index contributed by atoms with van der Waals surface area (Å²) in [6, 6.07) is 0. The van der Waals surface area contributed by atoms with E-state index in [1.54, 1.807) is 0 Å². The smallest absolute Gasteiger partial charge is 0.462 e. The molecule has 0 spiro atoms. The minimum atomic E-state index is -4.95. The molecule has 0 aliphatic heterocycles. The maximum atomic E-state index is 13.0. The first-order chi connectivity index (χ1) is 43.6. The highest BCUT2D eigenvalue weighted by atomic mass is 31.2. The van der Waals surface area contributed by atoms with E-state index in [2.05, 4.69) is 34.6 Å². The van der Waals surface area contributed by atoms with E-state index in [1.165, 1.54) is 193 Å². The van der Waals surface area contributed by atoms with Crippen molar-refractivity contribution in [3.05, 3.63) is 0 Å². The van der Waals surface area contributed by atoms with Gasteiger partial charge in [-0.1, -0.05) is 317 Å². The summed E-state index contributed by atoms with van der Waals surface area (Å²) in [4.78, 5) is 72.5. The Morgan fingerprint density at radius 2 is 0.533 bits per heavy atom. The Labute approximate surface area is 549 Å². The maximum absolute atomic E-state index is 13.0. The van der Waals surface area contributed by atoms with Crippen LogP contribution < -0.4 is 0 Å². The lowest BCUT2D eigenvalue weighted by Crippen LogP contribution is -2.30. The van der Waals surface area contributed by atoms with Crippen LogP contribution in [-0.2, 0) is 65.4 Å². The van der Waals surface area contributed by atoms with Gasteiger partial charge in [0.1, 0.15) is 19.3 Å². The van der Waals surface area contributed by atoms with Gasteiger partial charge in [0.15, 0.2) is 12.2 Å². The van der Waals surface area contributed by atoms with Crippen molar-refractivity contribution in [1.29, 1.82) is 0 Å². The minimum Gasteiger partial charge on any atom is -0.462 e. The summed E-state index contributed by atoms with van der Waals surface area (Å²) in [7, 11) is -9.90. The number of aliphatic hydroxyl groups is 1. The van der Waals surface area contributed by atoms with E-state index < -0.39 is 97.5 Å². The van der Waals surface area contributed by atoms with E-state index in [0.29, 0.717) is 25.7 Å². The van der Waals surface area contributed by atoms with Gasteiger partial charge in [0, 0.05) is 25.7 Å². The minimum absolute atomic E-state index is 0.107. The summed E-state index contributed by atoms with van der Waals surface area (Å²) in [6.45, 7) is 7.24. The molecule has 0 heterocycles. The fourth-order valence-electron chi connectivity index (χ4n) is 10.8. The SMILES string of the molecule is CCCCCCCCCCCCCCCCCCCCC(=O)O[C@H](COC(=O)CCCCCCCCCCC(C)CC)COP(=O)(O)OC[C@@H](O)COP(=O)(O)OC[C@@H](COC(=O)CCCCCCCCCCCC)OC(=O)CCCCCCCCCCCC. The zero-order valence-corrected chi connectivity index (χ0v) is 60.1. The molecule has 0 radical (unpaired) electrons. The topological polar surface area (TPSA) is 237 Å². The van der Waals surface area contributed by atoms with Gasteiger partial charge >= 0.3 is 39.5 Å². The van der Waals surface area contributed by atoms with Gasteiger partial charge < -0.3 is 33.8 Å². The lowest BCUT2D eigenvalue weighted by atomic mass is 9.99. The summed E-state index contributed by atoms with van der Waals surface area (Å²) >= 11 is 0. The third-order valence-electron chi connectivity index (χ3n) is 16.9.